The molecule has 1 aromatic carbocycles. The van der Waals surface area contributed by atoms with E-state index in [1.165, 1.54) is 0 Å². The first-order chi connectivity index (χ1) is 13.9. The maximum Gasteiger partial charge on any atom is 0.375 e. The Labute approximate surface area is 179 Å². The fourth-order valence-electron chi connectivity index (χ4n) is 3.75. The number of fused-ring (bicyclic) bond motifs is 1. The molecule has 1 aromatic rings. The summed E-state index contributed by atoms with van der Waals surface area (Å²) >= 11 is 0. The molecule has 0 aliphatic heterocycles. The SMILES string of the molecule is CCOP(=O)(OCC)C(C)(F)C(=O)/C=C/c1cc(C(C)(C)C)c(O)c2c1CCCC2. The van der Waals surface area contributed by atoms with Gasteiger partial charge in [0, 0.05) is 5.56 Å². The van der Waals surface area contributed by atoms with Gasteiger partial charge in [-0.1, -0.05) is 26.8 Å². The third-order valence-corrected chi connectivity index (χ3v) is 7.89. The van der Waals surface area contributed by atoms with Gasteiger partial charge in [-0.2, -0.15) is 0 Å². The second-order valence-electron chi connectivity index (χ2n) is 8.76. The van der Waals surface area contributed by atoms with Crippen molar-refractivity contribution in [2.45, 2.75) is 78.1 Å². The number of aromatic hydroxyl groups is 1. The molecule has 0 fully saturated rings. The first-order valence-corrected chi connectivity index (χ1v) is 12.1. The van der Waals surface area contributed by atoms with Crippen LogP contribution < -0.4 is 0 Å². The summed E-state index contributed by atoms with van der Waals surface area (Å²) in [6, 6.07) is 1.86. The van der Waals surface area contributed by atoms with Gasteiger partial charge in [0.15, 0.2) is 0 Å². The van der Waals surface area contributed by atoms with Crippen LogP contribution >= 0.6 is 7.60 Å². The van der Waals surface area contributed by atoms with Crippen LogP contribution in [0.4, 0.5) is 4.39 Å². The standard InChI is InChI=1S/C23H34FO5P/c1-7-28-30(27,29-8-2)23(6,24)20(25)14-13-16-15-19(22(3,4)5)21(26)18-12-10-9-11-17(16)18/h13-15,26H,7-12H2,1-6H3/b14-13+. The normalized spacial score (nSPS) is 17.0. The van der Waals surface area contributed by atoms with E-state index < -0.39 is 18.8 Å². The summed E-state index contributed by atoms with van der Waals surface area (Å²) in [7, 11) is -4.27. The molecule has 30 heavy (non-hydrogen) atoms. The number of hydrogen-bond acceptors (Lipinski definition) is 5. The van der Waals surface area contributed by atoms with Crippen LogP contribution in [0.15, 0.2) is 12.1 Å². The molecule has 1 unspecified atom stereocenters. The fraction of sp³-hybridized carbons (Fsp3) is 0.609. The van der Waals surface area contributed by atoms with Crippen molar-refractivity contribution in [3.8, 4) is 5.75 Å². The molecule has 5 nitrogen and oxygen atoms in total. The molecule has 2 rings (SSSR count). The second kappa shape index (κ2) is 9.33. The van der Waals surface area contributed by atoms with E-state index in [2.05, 4.69) is 0 Å². The molecule has 168 valence electrons. The van der Waals surface area contributed by atoms with E-state index in [0.717, 1.165) is 60.9 Å². The molecule has 1 aliphatic rings. The van der Waals surface area contributed by atoms with E-state index in [1.807, 2.05) is 26.8 Å². The van der Waals surface area contributed by atoms with Gasteiger partial charge in [-0.15, -0.1) is 0 Å². The largest absolute Gasteiger partial charge is 0.507 e. The monoisotopic (exact) mass is 440 g/mol. The highest BCUT2D eigenvalue weighted by molar-refractivity contribution is 7.56. The summed E-state index contributed by atoms with van der Waals surface area (Å²) in [5.41, 5.74) is 3.15. The van der Waals surface area contributed by atoms with Crippen LogP contribution in [0.5, 0.6) is 5.75 Å². The minimum atomic E-state index is -4.27. The van der Waals surface area contributed by atoms with Crippen molar-refractivity contribution in [2.24, 2.45) is 0 Å². The average Bonchev–Trinajstić information content (AvgIpc) is 2.66. The molecule has 0 saturated heterocycles. The van der Waals surface area contributed by atoms with Crippen molar-refractivity contribution in [1.82, 2.24) is 0 Å². The van der Waals surface area contributed by atoms with Gasteiger partial charge < -0.3 is 14.2 Å². The first-order valence-electron chi connectivity index (χ1n) is 10.6. The van der Waals surface area contributed by atoms with Crippen molar-refractivity contribution in [1.29, 1.82) is 0 Å². The van der Waals surface area contributed by atoms with E-state index in [-0.39, 0.29) is 18.6 Å². The van der Waals surface area contributed by atoms with Crippen LogP contribution in [0.1, 0.15) is 76.6 Å². The van der Waals surface area contributed by atoms with E-state index in [1.54, 1.807) is 19.9 Å². The van der Waals surface area contributed by atoms with Crippen molar-refractivity contribution in [2.75, 3.05) is 13.2 Å². The smallest absolute Gasteiger partial charge is 0.375 e. The number of rotatable bonds is 8. The van der Waals surface area contributed by atoms with Gasteiger partial charge in [-0.05, 0) is 80.7 Å². The van der Waals surface area contributed by atoms with Crippen molar-refractivity contribution < 1.29 is 27.9 Å². The van der Waals surface area contributed by atoms with E-state index in [9.17, 15) is 14.5 Å². The summed E-state index contributed by atoms with van der Waals surface area (Å²) in [5, 5.41) is 8.01. The molecule has 1 N–H and O–H groups in total. The molecule has 0 radical (unpaired) electrons. The van der Waals surface area contributed by atoms with Gasteiger partial charge in [-0.3, -0.25) is 9.36 Å². The lowest BCUT2D eigenvalue weighted by atomic mass is 9.79. The Hall–Kier alpha value is -1.49. The van der Waals surface area contributed by atoms with Crippen LogP contribution in [0.2, 0.25) is 0 Å². The Morgan fingerprint density at radius 3 is 2.17 bits per heavy atom. The molecule has 1 atom stereocenters. The number of carbonyl (C=O) groups is 1. The summed E-state index contributed by atoms with van der Waals surface area (Å²) in [6.07, 6.45) is 6.19. The lowest BCUT2D eigenvalue weighted by molar-refractivity contribution is -0.121. The van der Waals surface area contributed by atoms with Gasteiger partial charge in [0.1, 0.15) is 5.75 Å². The zero-order valence-electron chi connectivity index (χ0n) is 18.9. The minimum Gasteiger partial charge on any atom is -0.507 e. The predicted molar refractivity (Wildman–Crippen MR) is 118 cm³/mol. The third kappa shape index (κ3) is 4.87. The second-order valence-corrected chi connectivity index (χ2v) is 11.1. The molecule has 0 bridgehead atoms. The Balaban J connectivity index is 2.48. The van der Waals surface area contributed by atoms with Gasteiger partial charge in [-0.25, -0.2) is 4.39 Å². The molecule has 0 saturated carbocycles. The number of phenolic OH excluding ortho intramolecular Hbond substituents is 1. The van der Waals surface area contributed by atoms with Crippen LogP contribution in [-0.2, 0) is 36.7 Å². The molecular weight excluding hydrogens is 406 g/mol. The van der Waals surface area contributed by atoms with Gasteiger partial charge in [0.25, 0.3) is 5.41 Å². The number of halogens is 1. The molecular formula is C23H34FO5P. The number of allylic oxidation sites excluding steroid dienone is 1. The van der Waals surface area contributed by atoms with E-state index >= 15 is 4.39 Å². The first kappa shape index (κ1) is 24.8. The highest BCUT2D eigenvalue weighted by atomic mass is 31.2. The number of benzene rings is 1. The molecule has 0 heterocycles. The maximum atomic E-state index is 15.3. The number of ketones is 1. The van der Waals surface area contributed by atoms with Crippen LogP contribution in [0.25, 0.3) is 6.08 Å². The van der Waals surface area contributed by atoms with Crippen LogP contribution in [0, 0.1) is 0 Å². The molecule has 0 spiro atoms. The highest BCUT2D eigenvalue weighted by Crippen LogP contribution is 2.61. The van der Waals surface area contributed by atoms with Crippen molar-refractivity contribution in [3.05, 3.63) is 34.4 Å². The highest BCUT2D eigenvalue weighted by Gasteiger charge is 2.53. The molecule has 0 amide bonds. The summed E-state index contributed by atoms with van der Waals surface area (Å²) < 4.78 is 38.3. The Bertz CT molecular complexity index is 857. The zero-order chi connectivity index (χ0) is 22.7. The fourth-order valence-corrected chi connectivity index (χ4v) is 5.34. The van der Waals surface area contributed by atoms with Crippen LogP contribution in [0.3, 0.4) is 0 Å². The molecule has 1 aliphatic carbocycles. The molecule has 0 aromatic heterocycles. The predicted octanol–water partition coefficient (Wildman–Crippen LogP) is 6.10. The zero-order valence-corrected chi connectivity index (χ0v) is 19.8. The van der Waals surface area contributed by atoms with Gasteiger partial charge in [0.05, 0.1) is 13.2 Å². The average molecular weight is 440 g/mol. The summed E-state index contributed by atoms with van der Waals surface area (Å²) in [6.45, 7) is 10.0. The maximum absolute atomic E-state index is 15.3. The van der Waals surface area contributed by atoms with E-state index in [4.69, 9.17) is 9.05 Å². The van der Waals surface area contributed by atoms with Gasteiger partial charge in [0.2, 0.25) is 5.78 Å². The Morgan fingerprint density at radius 1 is 1.13 bits per heavy atom. The van der Waals surface area contributed by atoms with Crippen molar-refractivity contribution >= 4 is 19.5 Å². The lowest BCUT2D eigenvalue weighted by Gasteiger charge is -2.28. The van der Waals surface area contributed by atoms with E-state index in [0.29, 0.717) is 5.75 Å². The third-order valence-electron chi connectivity index (χ3n) is 5.44. The number of carbonyl (C=O) groups excluding carboxylic acids is 1. The Kier molecular flexibility index (Phi) is 7.71. The number of phenols is 1. The molecule has 7 heteroatoms. The summed E-state index contributed by atoms with van der Waals surface area (Å²) in [4.78, 5) is 12.7. The Morgan fingerprint density at radius 2 is 1.67 bits per heavy atom. The number of alkyl halides is 1. The van der Waals surface area contributed by atoms with Crippen molar-refractivity contribution in [3.63, 3.8) is 0 Å². The minimum absolute atomic E-state index is 0.0335. The van der Waals surface area contributed by atoms with Gasteiger partial charge >= 0.3 is 7.60 Å². The topological polar surface area (TPSA) is 72.8 Å². The lowest BCUT2D eigenvalue weighted by Crippen LogP contribution is -2.30. The summed E-state index contributed by atoms with van der Waals surface area (Å²) in [5.74, 6) is -0.657. The quantitative estimate of drug-likeness (QED) is 0.390. The number of hydrogen-bond donors (Lipinski definition) is 1. The van der Waals surface area contributed by atoms with Crippen LogP contribution in [-0.4, -0.2) is 29.5 Å².